The minimum absolute atomic E-state index is 0.449. The number of rotatable bonds is 3. The van der Waals surface area contributed by atoms with Crippen LogP contribution in [0, 0.1) is 0 Å². The Hall–Kier alpha value is -1.94. The van der Waals surface area contributed by atoms with Gasteiger partial charge in [-0.15, -0.1) is 0 Å². The molecule has 0 aliphatic carbocycles. The van der Waals surface area contributed by atoms with E-state index in [0.29, 0.717) is 22.3 Å². The lowest BCUT2D eigenvalue weighted by molar-refractivity contribution is 0.321. The summed E-state index contributed by atoms with van der Waals surface area (Å²) in [7, 11) is 1.58. The molecule has 0 amide bonds. The summed E-state index contributed by atoms with van der Waals surface area (Å²) in [5, 5.41) is 11.9. The molecule has 17 heavy (non-hydrogen) atoms. The molecular weight excluding hydrogens is 242 g/mol. The van der Waals surface area contributed by atoms with Crippen molar-refractivity contribution in [3.8, 4) is 17.1 Å². The number of hydrogen-bond donors (Lipinski definition) is 1. The van der Waals surface area contributed by atoms with Gasteiger partial charge in [0.05, 0.1) is 12.7 Å². The Morgan fingerprint density at radius 1 is 1.35 bits per heavy atom. The van der Waals surface area contributed by atoms with Gasteiger partial charge in [0.2, 0.25) is 0 Å². The number of methoxy groups -OCH3 is 1. The Labute approximate surface area is 103 Å². The Balaban J connectivity index is 2.47. The molecule has 2 aromatic rings. The van der Waals surface area contributed by atoms with Crippen molar-refractivity contribution in [2.45, 2.75) is 0 Å². The van der Waals surface area contributed by atoms with Crippen molar-refractivity contribution in [1.29, 1.82) is 0 Å². The van der Waals surface area contributed by atoms with Crippen LogP contribution in [-0.4, -0.2) is 18.5 Å². The van der Waals surface area contributed by atoms with Crippen molar-refractivity contribution < 1.29 is 14.4 Å². The minimum atomic E-state index is 0.449. The molecule has 0 fully saturated rings. The summed E-state index contributed by atoms with van der Waals surface area (Å²) in [6.45, 7) is 0. The van der Waals surface area contributed by atoms with Gasteiger partial charge in [-0.05, 0) is 30.3 Å². The molecule has 5 heteroatoms. The van der Waals surface area contributed by atoms with E-state index in [0.717, 1.165) is 5.56 Å². The molecule has 1 N–H and O–H groups in total. The number of nitrogens with zero attached hydrogens (tertiary/aromatic N) is 1. The quantitative estimate of drug-likeness (QED) is 0.517. The maximum atomic E-state index is 8.41. The summed E-state index contributed by atoms with van der Waals surface area (Å²) in [5.74, 6) is 1.71. The first-order valence-corrected chi connectivity index (χ1v) is 5.23. The molecule has 0 aliphatic rings. The Morgan fingerprint density at radius 2 is 2.18 bits per heavy atom. The number of ether oxygens (including phenoxy) is 1. The van der Waals surface area contributed by atoms with Crippen LogP contribution in [0.2, 0.25) is 5.02 Å². The summed E-state index contributed by atoms with van der Waals surface area (Å²) in [6, 6.07) is 8.70. The summed E-state index contributed by atoms with van der Waals surface area (Å²) < 4.78 is 10.7. The van der Waals surface area contributed by atoms with Crippen molar-refractivity contribution in [2.24, 2.45) is 5.16 Å². The fourth-order valence-corrected chi connectivity index (χ4v) is 1.67. The molecule has 0 saturated heterocycles. The van der Waals surface area contributed by atoms with E-state index < -0.39 is 0 Å². The average molecular weight is 252 g/mol. The Kier molecular flexibility index (Phi) is 3.35. The summed E-state index contributed by atoms with van der Waals surface area (Å²) in [4.78, 5) is 0. The van der Waals surface area contributed by atoms with E-state index in [1.807, 2.05) is 0 Å². The average Bonchev–Trinajstić information content (AvgIpc) is 2.78. The van der Waals surface area contributed by atoms with Crippen LogP contribution < -0.4 is 4.74 Å². The lowest BCUT2D eigenvalue weighted by Gasteiger charge is -2.06. The van der Waals surface area contributed by atoms with Gasteiger partial charge in [-0.2, -0.15) is 0 Å². The number of hydrogen-bond acceptors (Lipinski definition) is 4. The minimum Gasteiger partial charge on any atom is -0.496 e. The van der Waals surface area contributed by atoms with Crippen molar-refractivity contribution in [1.82, 2.24) is 0 Å². The molecule has 4 nitrogen and oxygen atoms in total. The normalized spacial score (nSPS) is 10.9. The fourth-order valence-electron chi connectivity index (χ4n) is 1.50. The topological polar surface area (TPSA) is 55.0 Å². The highest BCUT2D eigenvalue weighted by atomic mass is 35.5. The van der Waals surface area contributed by atoms with Crippen molar-refractivity contribution >= 4 is 17.8 Å². The van der Waals surface area contributed by atoms with Crippen LogP contribution in [0.4, 0.5) is 0 Å². The van der Waals surface area contributed by atoms with E-state index in [9.17, 15) is 0 Å². The molecule has 0 radical (unpaired) electrons. The standard InChI is InChI=1S/C12H10ClNO3/c1-16-11-4-2-8(13)6-10(11)12-5-3-9(17-12)7-14-15/h2-7,15H,1H3/b14-7-. The lowest BCUT2D eigenvalue weighted by Crippen LogP contribution is -1.86. The molecule has 1 aromatic heterocycles. The van der Waals surface area contributed by atoms with E-state index in [4.69, 9.17) is 26.0 Å². The second-order valence-electron chi connectivity index (χ2n) is 3.29. The van der Waals surface area contributed by atoms with E-state index in [2.05, 4.69) is 5.16 Å². The summed E-state index contributed by atoms with van der Waals surface area (Å²) >= 11 is 5.93. The largest absolute Gasteiger partial charge is 0.496 e. The van der Waals surface area contributed by atoms with E-state index >= 15 is 0 Å². The molecule has 0 saturated carbocycles. The fraction of sp³-hybridized carbons (Fsp3) is 0.0833. The summed E-state index contributed by atoms with van der Waals surface area (Å²) in [5.41, 5.74) is 0.748. The number of benzene rings is 1. The molecule has 0 aliphatic heterocycles. The molecule has 0 bridgehead atoms. The van der Waals surface area contributed by atoms with E-state index in [-0.39, 0.29) is 0 Å². The zero-order valence-electron chi connectivity index (χ0n) is 9.05. The molecule has 0 unspecified atom stereocenters. The van der Waals surface area contributed by atoms with Crippen molar-refractivity contribution in [3.63, 3.8) is 0 Å². The van der Waals surface area contributed by atoms with Crippen LogP contribution in [0.5, 0.6) is 5.75 Å². The van der Waals surface area contributed by atoms with Crippen LogP contribution >= 0.6 is 11.6 Å². The SMILES string of the molecule is COc1ccc(Cl)cc1-c1ccc(/C=N\O)o1. The van der Waals surface area contributed by atoms with E-state index in [1.54, 1.807) is 37.4 Å². The van der Waals surface area contributed by atoms with Crippen LogP contribution in [0.25, 0.3) is 11.3 Å². The lowest BCUT2D eigenvalue weighted by atomic mass is 10.1. The first-order valence-electron chi connectivity index (χ1n) is 4.86. The van der Waals surface area contributed by atoms with Crippen LogP contribution in [-0.2, 0) is 0 Å². The summed E-state index contributed by atoms with van der Waals surface area (Å²) in [6.07, 6.45) is 1.21. The molecule has 1 aromatic carbocycles. The molecule has 1 heterocycles. The van der Waals surface area contributed by atoms with Gasteiger partial charge >= 0.3 is 0 Å². The molecule has 0 spiro atoms. The van der Waals surface area contributed by atoms with Gasteiger partial charge in [-0.1, -0.05) is 16.8 Å². The zero-order valence-corrected chi connectivity index (χ0v) is 9.81. The Morgan fingerprint density at radius 3 is 2.88 bits per heavy atom. The zero-order chi connectivity index (χ0) is 12.3. The van der Waals surface area contributed by atoms with Gasteiger partial charge in [0.15, 0.2) is 0 Å². The van der Waals surface area contributed by atoms with Gasteiger partial charge in [-0.25, -0.2) is 0 Å². The van der Waals surface area contributed by atoms with Crippen molar-refractivity contribution in [3.05, 3.63) is 41.1 Å². The van der Waals surface area contributed by atoms with Gasteiger partial charge in [0.1, 0.15) is 23.5 Å². The third kappa shape index (κ3) is 2.42. The molecule has 88 valence electrons. The van der Waals surface area contributed by atoms with Gasteiger partial charge in [0, 0.05) is 5.02 Å². The van der Waals surface area contributed by atoms with Crippen molar-refractivity contribution in [2.75, 3.05) is 7.11 Å². The second kappa shape index (κ2) is 4.93. The first-order chi connectivity index (χ1) is 8.24. The second-order valence-corrected chi connectivity index (χ2v) is 3.73. The van der Waals surface area contributed by atoms with Gasteiger partial charge in [-0.3, -0.25) is 0 Å². The maximum absolute atomic E-state index is 8.41. The highest BCUT2D eigenvalue weighted by molar-refractivity contribution is 6.30. The molecule has 0 atom stereocenters. The maximum Gasteiger partial charge on any atom is 0.149 e. The highest BCUT2D eigenvalue weighted by Gasteiger charge is 2.10. The van der Waals surface area contributed by atoms with Crippen LogP contribution in [0.15, 0.2) is 39.9 Å². The molecular formula is C12H10ClNO3. The number of furan rings is 1. The third-order valence-corrected chi connectivity index (χ3v) is 2.47. The highest BCUT2D eigenvalue weighted by Crippen LogP contribution is 2.33. The Bertz CT molecular complexity index is 548. The van der Waals surface area contributed by atoms with Gasteiger partial charge < -0.3 is 14.4 Å². The smallest absolute Gasteiger partial charge is 0.149 e. The number of oxime groups is 1. The van der Waals surface area contributed by atoms with Crippen LogP contribution in [0.3, 0.4) is 0 Å². The predicted octanol–water partition coefficient (Wildman–Crippen LogP) is 3.42. The number of halogens is 1. The monoisotopic (exact) mass is 251 g/mol. The first kappa shape index (κ1) is 11.5. The molecule has 2 rings (SSSR count). The predicted molar refractivity (Wildman–Crippen MR) is 65.1 cm³/mol. The third-order valence-electron chi connectivity index (χ3n) is 2.24. The van der Waals surface area contributed by atoms with Gasteiger partial charge in [0.25, 0.3) is 0 Å². The van der Waals surface area contributed by atoms with Crippen LogP contribution in [0.1, 0.15) is 5.76 Å². The van der Waals surface area contributed by atoms with E-state index in [1.165, 1.54) is 6.21 Å².